The highest BCUT2D eigenvalue weighted by molar-refractivity contribution is 5.71. The number of hydrogen-bond acceptors (Lipinski definition) is 4. The maximum absolute atomic E-state index is 12.4. The van der Waals surface area contributed by atoms with Crippen molar-refractivity contribution >= 4 is 11.2 Å². The van der Waals surface area contributed by atoms with E-state index >= 15 is 0 Å². The molecule has 1 saturated heterocycles. The molecule has 0 aliphatic carbocycles. The molecule has 114 valence electrons. The molecule has 1 unspecified atom stereocenters. The minimum atomic E-state index is -0.327. The van der Waals surface area contributed by atoms with Gasteiger partial charge in [-0.2, -0.15) is 0 Å². The van der Waals surface area contributed by atoms with E-state index in [1.165, 1.54) is 11.6 Å². The van der Waals surface area contributed by atoms with Gasteiger partial charge in [0.2, 0.25) is 0 Å². The number of aryl methyl sites for hydroxylation is 1. The molecule has 0 radical (unpaired) electrons. The second-order valence-electron chi connectivity index (χ2n) is 5.96. The van der Waals surface area contributed by atoms with Crippen LogP contribution in [0.2, 0.25) is 0 Å². The molecule has 1 aliphatic rings. The Labute approximate surface area is 122 Å². The summed E-state index contributed by atoms with van der Waals surface area (Å²) in [5, 5.41) is 3.42. The predicted octanol–water partition coefficient (Wildman–Crippen LogP) is 0.439. The predicted molar refractivity (Wildman–Crippen MR) is 80.6 cm³/mol. The molecule has 0 aromatic carbocycles. The maximum atomic E-state index is 12.4. The molecule has 0 spiro atoms. The Kier molecular flexibility index (Phi) is 3.24. The zero-order valence-electron chi connectivity index (χ0n) is 12.9. The van der Waals surface area contributed by atoms with Crippen molar-refractivity contribution in [2.24, 2.45) is 14.1 Å². The first-order valence-electron chi connectivity index (χ1n) is 7.34. The van der Waals surface area contributed by atoms with Gasteiger partial charge in [-0.05, 0) is 33.2 Å². The Hall–Kier alpha value is -1.89. The number of rotatable bonds is 2. The topological polar surface area (TPSA) is 73.8 Å². The fraction of sp³-hybridized carbons (Fsp3) is 0.643. The van der Waals surface area contributed by atoms with Gasteiger partial charge in [0, 0.05) is 20.1 Å². The average molecular weight is 291 g/mol. The molecule has 21 heavy (non-hydrogen) atoms. The van der Waals surface area contributed by atoms with E-state index in [-0.39, 0.29) is 23.3 Å². The first-order valence-corrected chi connectivity index (χ1v) is 7.34. The first kappa shape index (κ1) is 14.1. The van der Waals surface area contributed by atoms with Crippen LogP contribution in [-0.2, 0) is 14.1 Å². The van der Waals surface area contributed by atoms with Crippen molar-refractivity contribution < 1.29 is 0 Å². The molecule has 1 N–H and O–H groups in total. The van der Waals surface area contributed by atoms with Gasteiger partial charge in [0.25, 0.3) is 5.56 Å². The van der Waals surface area contributed by atoms with Crippen LogP contribution in [0.25, 0.3) is 11.2 Å². The largest absolute Gasteiger partial charge is 0.332 e. The van der Waals surface area contributed by atoms with Crippen LogP contribution in [0, 0.1) is 0 Å². The highest BCUT2D eigenvalue weighted by Gasteiger charge is 2.27. The van der Waals surface area contributed by atoms with Gasteiger partial charge in [0.05, 0.1) is 6.04 Å². The number of aromatic nitrogens is 4. The van der Waals surface area contributed by atoms with Crippen LogP contribution < -0.4 is 16.6 Å². The summed E-state index contributed by atoms with van der Waals surface area (Å²) in [6.07, 6.45) is 2.10. The summed E-state index contributed by atoms with van der Waals surface area (Å²) >= 11 is 0. The molecule has 0 saturated carbocycles. The Morgan fingerprint density at radius 3 is 2.52 bits per heavy atom. The van der Waals surface area contributed by atoms with E-state index in [0.717, 1.165) is 29.8 Å². The molecule has 2 aromatic rings. The van der Waals surface area contributed by atoms with Crippen molar-refractivity contribution in [2.45, 2.75) is 38.8 Å². The molecular weight excluding hydrogens is 270 g/mol. The summed E-state index contributed by atoms with van der Waals surface area (Å²) in [5.74, 6) is 0.857. The lowest BCUT2D eigenvalue weighted by Crippen LogP contribution is -2.37. The highest BCUT2D eigenvalue weighted by Crippen LogP contribution is 2.27. The number of nitrogens with zero attached hydrogens (tertiary/aromatic N) is 4. The molecule has 1 atom stereocenters. The van der Waals surface area contributed by atoms with Crippen LogP contribution in [0.1, 0.15) is 44.6 Å². The highest BCUT2D eigenvalue weighted by atomic mass is 16.2. The van der Waals surface area contributed by atoms with Gasteiger partial charge >= 0.3 is 5.69 Å². The van der Waals surface area contributed by atoms with Crippen LogP contribution in [0.15, 0.2) is 9.59 Å². The van der Waals surface area contributed by atoms with Gasteiger partial charge in [0.15, 0.2) is 5.52 Å². The van der Waals surface area contributed by atoms with Crippen LogP contribution >= 0.6 is 0 Å². The second-order valence-corrected chi connectivity index (χ2v) is 5.96. The lowest BCUT2D eigenvalue weighted by atomic mass is 10.2. The molecule has 0 bridgehead atoms. The minimum Gasteiger partial charge on any atom is -0.310 e. The SMILES string of the molecule is CC(C)n1c(C2CCCN2)nc2c(=O)n(C)c(=O)n(C)c21. The zero-order valence-corrected chi connectivity index (χ0v) is 12.9. The fourth-order valence-electron chi connectivity index (χ4n) is 3.13. The molecule has 0 amide bonds. The Bertz CT molecular complexity index is 805. The lowest BCUT2D eigenvalue weighted by Gasteiger charge is -2.18. The quantitative estimate of drug-likeness (QED) is 0.871. The fourth-order valence-corrected chi connectivity index (χ4v) is 3.13. The summed E-state index contributed by atoms with van der Waals surface area (Å²) in [4.78, 5) is 29.1. The monoisotopic (exact) mass is 291 g/mol. The zero-order chi connectivity index (χ0) is 15.3. The summed E-state index contributed by atoms with van der Waals surface area (Å²) in [7, 11) is 3.18. The number of nitrogens with one attached hydrogen (secondary N) is 1. The van der Waals surface area contributed by atoms with E-state index in [1.54, 1.807) is 7.05 Å². The number of fused-ring (bicyclic) bond motifs is 1. The lowest BCUT2D eigenvalue weighted by molar-refractivity contribution is 0.509. The minimum absolute atomic E-state index is 0.130. The van der Waals surface area contributed by atoms with Crippen LogP contribution in [0.3, 0.4) is 0 Å². The molecule has 3 rings (SSSR count). The smallest absolute Gasteiger partial charge is 0.310 e. The van der Waals surface area contributed by atoms with E-state index in [2.05, 4.69) is 10.3 Å². The summed E-state index contributed by atoms with van der Waals surface area (Å²) in [6, 6.07) is 0.282. The van der Waals surface area contributed by atoms with E-state index in [9.17, 15) is 9.59 Å². The van der Waals surface area contributed by atoms with Gasteiger partial charge in [-0.15, -0.1) is 0 Å². The summed E-state index contributed by atoms with van der Waals surface area (Å²) in [6.45, 7) is 5.05. The van der Waals surface area contributed by atoms with E-state index in [0.29, 0.717) is 11.2 Å². The molecule has 1 aliphatic heterocycles. The molecule has 1 fully saturated rings. The Balaban J connectivity index is 2.43. The second kappa shape index (κ2) is 4.84. The maximum Gasteiger partial charge on any atom is 0.332 e. The van der Waals surface area contributed by atoms with E-state index in [1.807, 2.05) is 18.4 Å². The number of hydrogen-bond donors (Lipinski definition) is 1. The van der Waals surface area contributed by atoms with Gasteiger partial charge < -0.3 is 9.88 Å². The number of imidazole rings is 1. The van der Waals surface area contributed by atoms with Crippen LogP contribution in [-0.4, -0.2) is 25.2 Å². The Morgan fingerprint density at radius 1 is 1.24 bits per heavy atom. The Morgan fingerprint density at radius 2 is 1.95 bits per heavy atom. The van der Waals surface area contributed by atoms with Crippen molar-refractivity contribution in [3.05, 3.63) is 26.7 Å². The van der Waals surface area contributed by atoms with Crippen molar-refractivity contribution in [2.75, 3.05) is 6.54 Å². The summed E-state index contributed by atoms with van der Waals surface area (Å²) in [5.41, 5.74) is 0.339. The van der Waals surface area contributed by atoms with Crippen molar-refractivity contribution in [3.63, 3.8) is 0 Å². The van der Waals surface area contributed by atoms with Gasteiger partial charge in [-0.1, -0.05) is 0 Å². The van der Waals surface area contributed by atoms with Gasteiger partial charge in [0.1, 0.15) is 11.5 Å². The van der Waals surface area contributed by atoms with Crippen molar-refractivity contribution in [1.82, 2.24) is 24.0 Å². The molecule has 2 aromatic heterocycles. The summed E-state index contributed by atoms with van der Waals surface area (Å²) < 4.78 is 4.65. The van der Waals surface area contributed by atoms with Crippen molar-refractivity contribution in [3.8, 4) is 0 Å². The van der Waals surface area contributed by atoms with Crippen molar-refractivity contribution in [1.29, 1.82) is 0 Å². The molecule has 3 heterocycles. The standard InChI is InChI=1S/C14H21N5O2/c1-8(2)19-11(9-6-5-7-15-9)16-10-12(19)17(3)14(21)18(4)13(10)20/h8-9,15H,5-7H2,1-4H3. The van der Waals surface area contributed by atoms with Crippen LogP contribution in [0.5, 0.6) is 0 Å². The average Bonchev–Trinajstić information content (AvgIpc) is 3.08. The third-order valence-electron chi connectivity index (χ3n) is 4.20. The van der Waals surface area contributed by atoms with Gasteiger partial charge in [-0.3, -0.25) is 13.9 Å². The van der Waals surface area contributed by atoms with Gasteiger partial charge in [-0.25, -0.2) is 9.78 Å². The van der Waals surface area contributed by atoms with E-state index in [4.69, 9.17) is 0 Å². The normalized spacial score (nSPS) is 19.0. The molecule has 7 heteroatoms. The van der Waals surface area contributed by atoms with E-state index < -0.39 is 0 Å². The van der Waals surface area contributed by atoms with Crippen LogP contribution in [0.4, 0.5) is 0 Å². The third-order valence-corrected chi connectivity index (χ3v) is 4.20. The molecular formula is C14H21N5O2. The molecule has 7 nitrogen and oxygen atoms in total. The first-order chi connectivity index (χ1) is 9.93. The third kappa shape index (κ3) is 1.95.